The minimum absolute atomic E-state index is 0.0227. The zero-order valence-electron chi connectivity index (χ0n) is 14.6. The van der Waals surface area contributed by atoms with Gasteiger partial charge in [-0.05, 0) is 36.6 Å². The van der Waals surface area contributed by atoms with Crippen LogP contribution in [0.1, 0.15) is 22.3 Å². The molecule has 0 saturated carbocycles. The lowest BCUT2D eigenvalue weighted by Crippen LogP contribution is -2.27. The highest BCUT2D eigenvalue weighted by molar-refractivity contribution is 7.89. The summed E-state index contributed by atoms with van der Waals surface area (Å²) in [5.74, 6) is -0.355. The Morgan fingerprint density at radius 1 is 1.19 bits per heavy atom. The number of amides is 1. The topological polar surface area (TPSA) is 75.7 Å². The molecule has 0 radical (unpaired) electrons. The van der Waals surface area contributed by atoms with E-state index in [-0.39, 0.29) is 21.4 Å². The van der Waals surface area contributed by atoms with E-state index in [2.05, 4.69) is 5.32 Å². The first-order valence-corrected chi connectivity index (χ1v) is 9.83. The first kappa shape index (κ1) is 20.4. The largest absolute Gasteiger partial charge is 0.352 e. The second kappa shape index (κ2) is 9.14. The number of hydrogen-bond acceptors (Lipinski definition) is 4. The Hall–Kier alpha value is -1.93. The Bertz CT molecular complexity index is 857. The molecule has 0 aliphatic heterocycles. The summed E-state index contributed by atoms with van der Waals surface area (Å²) >= 11 is 5.99. The number of hydrogen-bond donors (Lipinski definition) is 1. The molecule has 0 aliphatic carbocycles. The van der Waals surface area contributed by atoms with Gasteiger partial charge < -0.3 is 5.32 Å². The Balaban J connectivity index is 2.02. The minimum atomic E-state index is -3.94. The van der Waals surface area contributed by atoms with Crippen molar-refractivity contribution in [2.45, 2.75) is 17.7 Å². The van der Waals surface area contributed by atoms with Crippen LogP contribution in [-0.2, 0) is 21.3 Å². The Morgan fingerprint density at radius 2 is 1.88 bits per heavy atom. The average molecular weight is 397 g/mol. The van der Waals surface area contributed by atoms with Crippen LogP contribution in [-0.4, -0.2) is 39.5 Å². The van der Waals surface area contributed by atoms with Gasteiger partial charge in [0, 0.05) is 19.2 Å². The number of carbonyl (C=O) groups is 1. The van der Waals surface area contributed by atoms with Crippen LogP contribution in [0.5, 0.6) is 0 Å². The molecular weight excluding hydrogens is 376 g/mol. The normalized spacial score (nSPS) is 11.5. The molecule has 2 aromatic carbocycles. The lowest BCUT2D eigenvalue weighted by Gasteiger charge is -2.15. The summed E-state index contributed by atoms with van der Waals surface area (Å²) in [5.41, 5.74) is 1.42. The standard InChI is InChI=1S/C18H21ClN2O4S/c1-21(25-2)26(23,24)17-13-15(10-11-16(17)19)18(22)20-12-6-9-14-7-4-3-5-8-14/h3-5,7-8,10-11,13H,6,9,12H2,1-2H3,(H,20,22). The van der Waals surface area contributed by atoms with E-state index in [9.17, 15) is 13.2 Å². The van der Waals surface area contributed by atoms with Crippen LogP contribution in [0, 0.1) is 0 Å². The number of halogens is 1. The van der Waals surface area contributed by atoms with Gasteiger partial charge in [0.05, 0.1) is 12.1 Å². The highest BCUT2D eigenvalue weighted by Gasteiger charge is 2.25. The summed E-state index contributed by atoms with van der Waals surface area (Å²) in [6.45, 7) is 0.483. The molecule has 0 bridgehead atoms. The molecule has 8 heteroatoms. The number of carbonyl (C=O) groups excluding carboxylic acids is 1. The first-order valence-electron chi connectivity index (χ1n) is 8.01. The van der Waals surface area contributed by atoms with Crippen molar-refractivity contribution in [3.8, 4) is 0 Å². The molecule has 2 aromatic rings. The third kappa shape index (κ3) is 5.04. The number of sulfonamides is 1. The van der Waals surface area contributed by atoms with E-state index < -0.39 is 10.0 Å². The van der Waals surface area contributed by atoms with Crippen molar-refractivity contribution in [3.63, 3.8) is 0 Å². The summed E-state index contributed by atoms with van der Waals surface area (Å²) in [4.78, 5) is 16.8. The van der Waals surface area contributed by atoms with Gasteiger partial charge in [0.2, 0.25) is 0 Å². The van der Waals surface area contributed by atoms with Crippen LogP contribution >= 0.6 is 11.6 Å². The molecule has 26 heavy (non-hydrogen) atoms. The van der Waals surface area contributed by atoms with Crippen molar-refractivity contribution in [2.24, 2.45) is 0 Å². The van der Waals surface area contributed by atoms with Crippen molar-refractivity contribution in [1.82, 2.24) is 9.79 Å². The molecule has 0 aliphatic rings. The molecule has 0 atom stereocenters. The molecular formula is C18H21ClN2O4S. The van der Waals surface area contributed by atoms with Crippen molar-refractivity contribution in [1.29, 1.82) is 0 Å². The zero-order chi connectivity index (χ0) is 19.2. The monoisotopic (exact) mass is 396 g/mol. The molecule has 0 unspecified atom stereocenters. The van der Waals surface area contributed by atoms with Crippen molar-refractivity contribution in [3.05, 3.63) is 64.7 Å². The van der Waals surface area contributed by atoms with Crippen LogP contribution in [0.4, 0.5) is 0 Å². The van der Waals surface area contributed by atoms with Gasteiger partial charge in [-0.25, -0.2) is 8.42 Å². The maximum absolute atomic E-state index is 12.4. The van der Waals surface area contributed by atoms with Crippen LogP contribution in [0.3, 0.4) is 0 Å². The van der Waals surface area contributed by atoms with Crippen molar-refractivity contribution in [2.75, 3.05) is 20.7 Å². The van der Waals surface area contributed by atoms with E-state index in [0.717, 1.165) is 12.8 Å². The lowest BCUT2D eigenvalue weighted by molar-refractivity contribution is -0.0258. The summed E-state index contributed by atoms with van der Waals surface area (Å²) in [5, 5.41) is 2.81. The molecule has 0 fully saturated rings. The van der Waals surface area contributed by atoms with Crippen LogP contribution in [0.25, 0.3) is 0 Å². The Kier molecular flexibility index (Phi) is 7.16. The van der Waals surface area contributed by atoms with E-state index in [4.69, 9.17) is 16.4 Å². The predicted molar refractivity (Wildman–Crippen MR) is 101 cm³/mol. The van der Waals surface area contributed by atoms with E-state index in [0.29, 0.717) is 11.0 Å². The molecule has 0 aromatic heterocycles. The van der Waals surface area contributed by atoms with Crippen molar-refractivity contribution >= 4 is 27.5 Å². The quantitative estimate of drug-likeness (QED) is 0.550. The van der Waals surface area contributed by atoms with E-state index >= 15 is 0 Å². The SMILES string of the molecule is CON(C)S(=O)(=O)c1cc(C(=O)NCCCc2ccccc2)ccc1Cl. The molecule has 0 heterocycles. The van der Waals surface area contributed by atoms with E-state index in [1.165, 1.54) is 37.9 Å². The Morgan fingerprint density at radius 3 is 2.54 bits per heavy atom. The van der Waals surface area contributed by atoms with Gasteiger partial charge in [-0.15, -0.1) is 0 Å². The van der Waals surface area contributed by atoms with Gasteiger partial charge >= 0.3 is 0 Å². The van der Waals surface area contributed by atoms with Crippen molar-refractivity contribution < 1.29 is 18.0 Å². The van der Waals surface area contributed by atoms with E-state index in [1.807, 2.05) is 30.3 Å². The number of nitrogens with zero attached hydrogens (tertiary/aromatic N) is 1. The maximum Gasteiger partial charge on any atom is 0.266 e. The van der Waals surface area contributed by atoms with Gasteiger partial charge in [-0.2, -0.15) is 0 Å². The number of benzene rings is 2. The van der Waals surface area contributed by atoms with Gasteiger partial charge in [0.25, 0.3) is 15.9 Å². The maximum atomic E-state index is 12.4. The Labute approximate surface area is 158 Å². The number of rotatable bonds is 8. The summed E-state index contributed by atoms with van der Waals surface area (Å²) < 4.78 is 25.4. The third-order valence-corrected chi connectivity index (χ3v) is 6.00. The molecule has 1 amide bonds. The fourth-order valence-electron chi connectivity index (χ4n) is 2.32. The zero-order valence-corrected chi connectivity index (χ0v) is 16.2. The molecule has 2 rings (SSSR count). The second-order valence-electron chi connectivity index (χ2n) is 5.59. The molecule has 140 valence electrons. The fourth-order valence-corrected chi connectivity index (χ4v) is 3.79. The highest BCUT2D eigenvalue weighted by atomic mass is 35.5. The number of hydroxylamine groups is 1. The smallest absolute Gasteiger partial charge is 0.266 e. The van der Waals surface area contributed by atoms with Crippen LogP contribution < -0.4 is 5.32 Å². The summed E-state index contributed by atoms with van der Waals surface area (Å²) in [6, 6.07) is 14.1. The second-order valence-corrected chi connectivity index (χ2v) is 7.90. The number of nitrogens with one attached hydrogen (secondary N) is 1. The first-order chi connectivity index (χ1) is 12.4. The summed E-state index contributed by atoms with van der Waals surface area (Å²) in [7, 11) is -1.45. The molecule has 6 nitrogen and oxygen atoms in total. The van der Waals surface area contributed by atoms with Gasteiger partial charge in [0.15, 0.2) is 0 Å². The molecule has 1 N–H and O–H groups in total. The highest BCUT2D eigenvalue weighted by Crippen LogP contribution is 2.25. The molecule has 0 saturated heterocycles. The van der Waals surface area contributed by atoms with Crippen LogP contribution in [0.15, 0.2) is 53.4 Å². The third-order valence-electron chi connectivity index (χ3n) is 3.84. The van der Waals surface area contributed by atoms with Crippen LogP contribution in [0.2, 0.25) is 5.02 Å². The molecule has 0 spiro atoms. The fraction of sp³-hybridized carbons (Fsp3) is 0.278. The number of aryl methyl sites for hydroxylation is 1. The van der Waals surface area contributed by atoms with Gasteiger partial charge in [0.1, 0.15) is 4.90 Å². The summed E-state index contributed by atoms with van der Waals surface area (Å²) in [6.07, 6.45) is 1.63. The van der Waals surface area contributed by atoms with Gasteiger partial charge in [-0.3, -0.25) is 9.63 Å². The van der Waals surface area contributed by atoms with E-state index in [1.54, 1.807) is 0 Å². The average Bonchev–Trinajstić information content (AvgIpc) is 2.65. The lowest BCUT2D eigenvalue weighted by atomic mass is 10.1. The minimum Gasteiger partial charge on any atom is -0.352 e. The predicted octanol–water partition coefficient (Wildman–Crippen LogP) is 2.88. The van der Waals surface area contributed by atoms with Gasteiger partial charge in [-0.1, -0.05) is 46.4 Å².